The first-order valence-electron chi connectivity index (χ1n) is 8.36. The number of rotatable bonds is 3. The molecule has 2 aromatic carbocycles. The lowest BCUT2D eigenvalue weighted by Gasteiger charge is -2.26. The van der Waals surface area contributed by atoms with E-state index in [2.05, 4.69) is 16.3 Å². The van der Waals surface area contributed by atoms with Gasteiger partial charge in [-0.1, -0.05) is 12.1 Å². The van der Waals surface area contributed by atoms with Crippen LogP contribution in [-0.2, 0) is 0 Å². The van der Waals surface area contributed by atoms with E-state index in [4.69, 9.17) is 19.9 Å². The second kappa shape index (κ2) is 6.25. The summed E-state index contributed by atoms with van der Waals surface area (Å²) in [7, 11) is 3.22. The Morgan fingerprint density at radius 2 is 1.96 bits per heavy atom. The molecule has 0 saturated carbocycles. The number of hydrogen-bond acceptors (Lipinski definition) is 6. The predicted octanol–water partition coefficient (Wildman–Crippen LogP) is 3.11. The highest BCUT2D eigenvalue weighted by Crippen LogP contribution is 2.48. The van der Waals surface area contributed by atoms with Crippen LogP contribution in [0, 0.1) is 18.3 Å². The summed E-state index contributed by atoms with van der Waals surface area (Å²) < 4.78 is 16.6. The van der Waals surface area contributed by atoms with E-state index < -0.39 is 5.92 Å². The maximum atomic E-state index is 9.82. The smallest absolute Gasteiger partial charge is 0.244 e. The van der Waals surface area contributed by atoms with Gasteiger partial charge in [-0.3, -0.25) is 5.10 Å². The first-order valence-corrected chi connectivity index (χ1v) is 8.36. The van der Waals surface area contributed by atoms with Crippen molar-refractivity contribution in [3.63, 3.8) is 0 Å². The monoisotopic (exact) mass is 362 g/mol. The van der Waals surface area contributed by atoms with Crippen molar-refractivity contribution in [1.82, 2.24) is 10.2 Å². The Bertz CT molecular complexity index is 1120. The average Bonchev–Trinajstić information content (AvgIpc) is 3.05. The minimum absolute atomic E-state index is 0.0449. The number of fused-ring (bicyclic) bond motifs is 2. The highest BCUT2D eigenvalue weighted by molar-refractivity contribution is 5.91. The molecule has 7 nitrogen and oxygen atoms in total. The average molecular weight is 362 g/mol. The lowest BCUT2D eigenvalue weighted by Crippen LogP contribution is -2.21. The van der Waals surface area contributed by atoms with Crippen LogP contribution < -0.4 is 19.9 Å². The summed E-state index contributed by atoms with van der Waals surface area (Å²) in [5.41, 5.74) is 8.77. The van der Waals surface area contributed by atoms with Crippen LogP contribution in [0.15, 0.2) is 41.8 Å². The number of benzene rings is 2. The molecule has 7 heteroatoms. The van der Waals surface area contributed by atoms with Gasteiger partial charge in [0.2, 0.25) is 11.8 Å². The van der Waals surface area contributed by atoms with Gasteiger partial charge in [0.25, 0.3) is 0 Å². The number of hydrogen-bond donors (Lipinski definition) is 2. The van der Waals surface area contributed by atoms with Gasteiger partial charge in [0.05, 0.1) is 20.1 Å². The van der Waals surface area contributed by atoms with Crippen LogP contribution in [0.2, 0.25) is 0 Å². The molecular weight excluding hydrogens is 344 g/mol. The van der Waals surface area contributed by atoms with E-state index in [1.54, 1.807) is 14.2 Å². The number of nitrogens with zero attached hydrogens (tertiary/aromatic N) is 2. The van der Waals surface area contributed by atoms with Crippen LogP contribution in [0.5, 0.6) is 17.4 Å². The predicted molar refractivity (Wildman–Crippen MR) is 99.7 cm³/mol. The van der Waals surface area contributed by atoms with Crippen molar-refractivity contribution in [3.05, 3.63) is 58.6 Å². The maximum Gasteiger partial charge on any atom is 0.244 e. The summed E-state index contributed by atoms with van der Waals surface area (Å²) in [6.45, 7) is 1.89. The van der Waals surface area contributed by atoms with Crippen molar-refractivity contribution >= 4 is 10.8 Å². The van der Waals surface area contributed by atoms with Gasteiger partial charge in [-0.05, 0) is 35.9 Å². The van der Waals surface area contributed by atoms with Crippen LogP contribution in [0.4, 0.5) is 0 Å². The van der Waals surface area contributed by atoms with Gasteiger partial charge in [0, 0.05) is 16.8 Å². The molecule has 4 rings (SSSR count). The number of nitrogens with one attached hydrogen (secondary N) is 1. The molecular formula is C20H18N4O3. The van der Waals surface area contributed by atoms with E-state index in [0.717, 1.165) is 27.6 Å². The molecule has 27 heavy (non-hydrogen) atoms. The topological polar surface area (TPSA) is 106 Å². The quantitative estimate of drug-likeness (QED) is 0.741. The van der Waals surface area contributed by atoms with Crippen molar-refractivity contribution in [1.29, 1.82) is 5.26 Å². The van der Waals surface area contributed by atoms with Crippen molar-refractivity contribution in [2.75, 3.05) is 14.2 Å². The number of aryl methyl sites for hydroxylation is 1. The van der Waals surface area contributed by atoms with Crippen LogP contribution in [0.3, 0.4) is 0 Å². The third kappa shape index (κ3) is 2.46. The van der Waals surface area contributed by atoms with Crippen LogP contribution in [0.25, 0.3) is 10.8 Å². The van der Waals surface area contributed by atoms with Gasteiger partial charge in [-0.15, -0.1) is 5.10 Å². The zero-order chi connectivity index (χ0) is 19.1. The van der Waals surface area contributed by atoms with Crippen LogP contribution in [0.1, 0.15) is 22.7 Å². The molecule has 0 bridgehead atoms. The minimum atomic E-state index is -0.469. The third-order valence-electron chi connectivity index (χ3n) is 4.87. The number of H-pyrrole nitrogens is 1. The second-order valence-electron chi connectivity index (χ2n) is 6.26. The Hall–Kier alpha value is -3.66. The first kappa shape index (κ1) is 16.8. The number of ether oxygens (including phenoxy) is 3. The third-order valence-corrected chi connectivity index (χ3v) is 4.87. The molecule has 0 saturated heterocycles. The lowest BCUT2D eigenvalue weighted by molar-refractivity contribution is 0.375. The summed E-state index contributed by atoms with van der Waals surface area (Å²) in [5, 5.41) is 18.8. The second-order valence-corrected chi connectivity index (χ2v) is 6.26. The summed E-state index contributed by atoms with van der Waals surface area (Å²) >= 11 is 0. The van der Waals surface area contributed by atoms with Gasteiger partial charge in [-0.25, -0.2) is 0 Å². The summed E-state index contributed by atoms with van der Waals surface area (Å²) in [6, 6.07) is 11.9. The Morgan fingerprint density at radius 3 is 2.67 bits per heavy atom. The van der Waals surface area contributed by atoms with Gasteiger partial charge in [0.1, 0.15) is 23.1 Å². The summed E-state index contributed by atoms with van der Waals surface area (Å²) in [6.07, 6.45) is 0. The van der Waals surface area contributed by atoms with Gasteiger partial charge >= 0.3 is 0 Å². The number of nitrogens with two attached hydrogens (primary N) is 1. The van der Waals surface area contributed by atoms with Crippen molar-refractivity contribution in [3.8, 4) is 23.4 Å². The fraction of sp³-hybridized carbons (Fsp3) is 0.200. The van der Waals surface area contributed by atoms with E-state index in [-0.39, 0.29) is 5.88 Å². The number of aromatic nitrogens is 2. The molecule has 1 atom stereocenters. The SMILES string of the molecule is COc1ccc2ccc(OC)c([C@H]3C(C#N)=C(N)Oc4n[nH]c(C)c43)c2c1. The zero-order valence-electron chi connectivity index (χ0n) is 15.2. The molecule has 0 spiro atoms. The molecule has 3 aromatic rings. The molecule has 1 aliphatic rings. The molecule has 2 heterocycles. The van der Waals surface area contributed by atoms with E-state index >= 15 is 0 Å². The van der Waals surface area contributed by atoms with Crippen LogP contribution >= 0.6 is 0 Å². The molecule has 0 unspecified atom stereocenters. The highest BCUT2D eigenvalue weighted by Gasteiger charge is 2.36. The normalized spacial score (nSPS) is 15.9. The number of nitriles is 1. The minimum Gasteiger partial charge on any atom is -0.497 e. The van der Waals surface area contributed by atoms with E-state index in [9.17, 15) is 5.26 Å². The van der Waals surface area contributed by atoms with Crippen LogP contribution in [-0.4, -0.2) is 24.4 Å². The molecule has 0 fully saturated rings. The summed E-state index contributed by atoms with van der Waals surface area (Å²) in [4.78, 5) is 0. The van der Waals surface area contributed by atoms with Crippen molar-refractivity contribution in [2.24, 2.45) is 5.73 Å². The number of allylic oxidation sites excluding steroid dienone is 1. The fourth-order valence-corrected chi connectivity index (χ4v) is 3.59. The Kier molecular flexibility index (Phi) is 3.89. The molecule has 0 radical (unpaired) electrons. The van der Waals surface area contributed by atoms with Crippen molar-refractivity contribution in [2.45, 2.75) is 12.8 Å². The molecule has 0 amide bonds. The van der Waals surface area contributed by atoms with E-state index in [1.165, 1.54) is 0 Å². The Balaban J connectivity index is 2.11. The largest absolute Gasteiger partial charge is 0.497 e. The Labute approximate surface area is 155 Å². The van der Waals surface area contributed by atoms with Gasteiger partial charge < -0.3 is 19.9 Å². The Morgan fingerprint density at radius 1 is 1.19 bits per heavy atom. The molecule has 1 aliphatic heterocycles. The van der Waals surface area contributed by atoms with Crippen molar-refractivity contribution < 1.29 is 14.2 Å². The summed E-state index contributed by atoms with van der Waals surface area (Å²) in [5.74, 6) is 1.31. The van der Waals surface area contributed by atoms with Gasteiger partial charge in [0.15, 0.2) is 0 Å². The first-order chi connectivity index (χ1) is 13.1. The van der Waals surface area contributed by atoms with Gasteiger partial charge in [-0.2, -0.15) is 5.26 Å². The molecule has 1 aromatic heterocycles. The molecule has 3 N–H and O–H groups in total. The maximum absolute atomic E-state index is 9.82. The molecule has 136 valence electrons. The van der Waals surface area contributed by atoms with E-state index in [0.29, 0.717) is 23.0 Å². The number of methoxy groups -OCH3 is 2. The van der Waals surface area contributed by atoms with E-state index in [1.807, 2.05) is 37.3 Å². The zero-order valence-corrected chi connectivity index (χ0v) is 15.2. The fourth-order valence-electron chi connectivity index (χ4n) is 3.59. The standard InChI is InChI=1S/C20H18N4O3/c1-10-16-18(14(9-21)19(22)27-20(16)24-23-10)17-13-8-12(25-2)6-4-11(13)5-7-15(17)26-3/h4-8,18H,22H2,1-3H3,(H,23,24)/t18-/m0/s1. The highest BCUT2D eigenvalue weighted by atomic mass is 16.5. The number of aromatic amines is 1. The molecule has 0 aliphatic carbocycles. The lowest BCUT2D eigenvalue weighted by atomic mass is 9.81.